The topological polar surface area (TPSA) is 239 Å². The number of carbonyl (C=O) groups excluding carboxylic acids is 6. The summed E-state index contributed by atoms with van der Waals surface area (Å²) in [5.41, 5.74) is 10.2. The van der Waals surface area contributed by atoms with Crippen molar-refractivity contribution in [2.24, 2.45) is 5.73 Å². The second-order valence-electron chi connectivity index (χ2n) is 8.80. The Morgan fingerprint density at radius 1 is 0.925 bits per heavy atom. The van der Waals surface area contributed by atoms with Crippen LogP contribution >= 0.6 is 0 Å². The number of rotatable bonds is 5. The van der Waals surface area contributed by atoms with E-state index in [4.69, 9.17) is 15.2 Å². The van der Waals surface area contributed by atoms with E-state index in [9.17, 15) is 33.9 Å². The molecule has 220 valence electrons. The molecule has 1 aromatic rings. The summed E-state index contributed by atoms with van der Waals surface area (Å²) in [6.45, 7) is 1.15. The minimum Gasteiger partial charge on any atom is -0.391 e. The second kappa shape index (κ2) is 16.6. The zero-order valence-electron chi connectivity index (χ0n) is 21.9. The van der Waals surface area contributed by atoms with Gasteiger partial charge in [0.15, 0.2) is 0 Å². The third-order valence-corrected chi connectivity index (χ3v) is 5.47. The maximum atomic E-state index is 12.9. The molecule has 7 amide bonds. The number of hydrogen-bond donors (Lipinski definition) is 8. The smallest absolute Gasteiger partial charge is 0.316 e. The Kier molecular flexibility index (Phi) is 13.3. The molecule has 9 N–H and O–H groups in total. The molecule has 1 heterocycles. The number of benzene rings is 1. The minimum absolute atomic E-state index is 0.0352. The fourth-order valence-corrected chi connectivity index (χ4v) is 3.49. The molecule has 1 unspecified atom stereocenters. The summed E-state index contributed by atoms with van der Waals surface area (Å²) in [5, 5.41) is 19.4. The fourth-order valence-electron chi connectivity index (χ4n) is 3.49. The fraction of sp³-hybridized carbons (Fsp3) is 0.500. The Labute approximate surface area is 230 Å². The average molecular weight is 566 g/mol. The molecule has 2 rings (SSSR count). The highest BCUT2D eigenvalue weighted by Crippen LogP contribution is 2.04. The van der Waals surface area contributed by atoms with Crippen molar-refractivity contribution in [3.63, 3.8) is 0 Å². The van der Waals surface area contributed by atoms with Crippen molar-refractivity contribution in [3.05, 3.63) is 35.9 Å². The molecule has 0 radical (unpaired) electrons. The van der Waals surface area contributed by atoms with Crippen molar-refractivity contribution in [1.82, 2.24) is 32.1 Å². The van der Waals surface area contributed by atoms with Crippen molar-refractivity contribution in [1.29, 1.82) is 0 Å². The molecule has 4 atom stereocenters. The van der Waals surface area contributed by atoms with Crippen molar-refractivity contribution < 1.29 is 43.3 Å². The molecular formula is C24H35N7O9. The molecule has 16 heteroatoms. The third kappa shape index (κ3) is 11.6. The molecule has 0 bridgehead atoms. The molecule has 40 heavy (non-hydrogen) atoms. The highest BCUT2D eigenvalue weighted by atomic mass is 16.5. The SMILES string of the molecule is CC(O)[C@@H]1NC(=O)N[C@@H](CC(N)=O)C(=O)NNC(=O)[C@H](Cc2ccccc2)NC(=O)COCCOCCNC1=O. The van der Waals surface area contributed by atoms with Crippen molar-refractivity contribution in [2.45, 2.75) is 44.0 Å². The number of ether oxygens (including phenoxy) is 2. The van der Waals surface area contributed by atoms with Crippen LogP contribution in [-0.2, 0) is 39.9 Å². The Balaban J connectivity index is 2.21. The third-order valence-electron chi connectivity index (χ3n) is 5.47. The highest BCUT2D eigenvalue weighted by molar-refractivity contribution is 5.95. The quantitative estimate of drug-likeness (QED) is 0.175. The van der Waals surface area contributed by atoms with Gasteiger partial charge in [0.1, 0.15) is 24.7 Å². The monoisotopic (exact) mass is 565 g/mol. The number of amides is 7. The van der Waals surface area contributed by atoms with Gasteiger partial charge < -0.3 is 41.6 Å². The van der Waals surface area contributed by atoms with E-state index in [1.54, 1.807) is 30.3 Å². The van der Waals surface area contributed by atoms with Crippen LogP contribution in [0.5, 0.6) is 0 Å². The normalized spacial score (nSPS) is 23.6. The average Bonchev–Trinajstić information content (AvgIpc) is 2.90. The standard InChI is InChI=1S/C24H35N7O9/c1-14(32)20-23(37)26-7-8-39-9-10-40-13-19(34)27-16(11-15-5-3-2-4-6-15)21(35)30-31-22(36)17(12-18(25)33)28-24(38)29-20/h2-6,14,16-17,20,32H,7-13H2,1H3,(H2,25,33)(H,26,37)(H,27,34)(H,30,35)(H,31,36)(H2,28,29,38)/t14?,16-,17-,20-/m0/s1. The molecular weight excluding hydrogens is 530 g/mol. The number of urea groups is 1. The van der Waals surface area contributed by atoms with Crippen LogP contribution in [0.2, 0.25) is 0 Å². The molecule has 1 aliphatic heterocycles. The minimum atomic E-state index is -1.56. The van der Waals surface area contributed by atoms with Gasteiger partial charge >= 0.3 is 6.03 Å². The number of aliphatic hydroxyl groups is 1. The first-order chi connectivity index (χ1) is 19.1. The first-order valence-corrected chi connectivity index (χ1v) is 12.5. The lowest BCUT2D eigenvalue weighted by atomic mass is 10.1. The van der Waals surface area contributed by atoms with E-state index in [2.05, 4.69) is 32.1 Å². The Morgan fingerprint density at radius 3 is 2.23 bits per heavy atom. The molecule has 0 spiro atoms. The van der Waals surface area contributed by atoms with E-state index in [1.165, 1.54) is 6.92 Å². The zero-order valence-corrected chi connectivity index (χ0v) is 21.9. The van der Waals surface area contributed by atoms with Crippen molar-refractivity contribution >= 4 is 35.6 Å². The van der Waals surface area contributed by atoms with E-state index in [1.807, 2.05) is 0 Å². The van der Waals surface area contributed by atoms with Gasteiger partial charge in [0.2, 0.25) is 17.7 Å². The first-order valence-electron chi connectivity index (χ1n) is 12.5. The van der Waals surface area contributed by atoms with Gasteiger partial charge in [0.05, 0.1) is 32.3 Å². The maximum absolute atomic E-state index is 12.9. The number of hydrazine groups is 1. The van der Waals surface area contributed by atoms with Crippen LogP contribution in [0.15, 0.2) is 30.3 Å². The molecule has 1 fully saturated rings. The molecule has 0 aliphatic carbocycles. The molecule has 1 aliphatic rings. The Bertz CT molecular complexity index is 1040. The number of primary amides is 1. The Hall–Kier alpha value is -4.28. The number of aliphatic hydroxyl groups excluding tert-OH is 1. The lowest BCUT2D eigenvalue weighted by molar-refractivity contribution is -0.134. The van der Waals surface area contributed by atoms with Gasteiger partial charge in [-0.3, -0.25) is 34.8 Å². The number of hydrogen-bond acceptors (Lipinski definition) is 9. The van der Waals surface area contributed by atoms with Crippen LogP contribution in [0.3, 0.4) is 0 Å². The summed E-state index contributed by atoms with van der Waals surface area (Å²) >= 11 is 0. The van der Waals surface area contributed by atoms with Gasteiger partial charge in [-0.25, -0.2) is 4.79 Å². The summed E-state index contributed by atoms with van der Waals surface area (Å²) in [6.07, 6.45) is -1.90. The van der Waals surface area contributed by atoms with Gasteiger partial charge in [-0.15, -0.1) is 0 Å². The maximum Gasteiger partial charge on any atom is 0.316 e. The molecule has 1 saturated heterocycles. The van der Waals surface area contributed by atoms with Gasteiger partial charge in [-0.2, -0.15) is 0 Å². The van der Waals surface area contributed by atoms with E-state index in [0.717, 1.165) is 5.56 Å². The summed E-state index contributed by atoms with van der Waals surface area (Å²) in [7, 11) is 0. The molecule has 16 nitrogen and oxygen atoms in total. The summed E-state index contributed by atoms with van der Waals surface area (Å²) < 4.78 is 10.6. The Morgan fingerprint density at radius 2 is 1.57 bits per heavy atom. The zero-order chi connectivity index (χ0) is 29.5. The summed E-state index contributed by atoms with van der Waals surface area (Å²) in [4.78, 5) is 74.6. The van der Waals surface area contributed by atoms with Crippen LogP contribution in [0.1, 0.15) is 18.9 Å². The van der Waals surface area contributed by atoms with Gasteiger partial charge in [0, 0.05) is 13.0 Å². The van der Waals surface area contributed by atoms with Crippen molar-refractivity contribution in [2.75, 3.05) is 33.0 Å². The number of carbonyl (C=O) groups is 6. The van der Waals surface area contributed by atoms with Crippen molar-refractivity contribution in [3.8, 4) is 0 Å². The molecule has 0 saturated carbocycles. The first kappa shape index (κ1) is 31.9. The van der Waals surface area contributed by atoms with Crippen LogP contribution < -0.4 is 37.9 Å². The van der Waals surface area contributed by atoms with Crippen LogP contribution in [0.25, 0.3) is 0 Å². The lowest BCUT2D eigenvalue weighted by Crippen LogP contribution is -2.60. The highest BCUT2D eigenvalue weighted by Gasteiger charge is 2.29. The number of nitrogens with one attached hydrogen (secondary N) is 6. The molecule has 0 aromatic heterocycles. The van der Waals surface area contributed by atoms with Crippen LogP contribution in [0, 0.1) is 0 Å². The van der Waals surface area contributed by atoms with Crippen LogP contribution in [0.4, 0.5) is 4.79 Å². The van der Waals surface area contributed by atoms with E-state index in [0.29, 0.717) is 0 Å². The summed E-state index contributed by atoms with van der Waals surface area (Å²) in [5.74, 6) is -4.10. The van der Waals surface area contributed by atoms with Gasteiger partial charge in [-0.1, -0.05) is 30.3 Å². The van der Waals surface area contributed by atoms with E-state index >= 15 is 0 Å². The second-order valence-corrected chi connectivity index (χ2v) is 8.80. The number of nitrogens with two attached hydrogens (primary N) is 1. The predicted octanol–water partition coefficient (Wildman–Crippen LogP) is -3.68. The van der Waals surface area contributed by atoms with E-state index in [-0.39, 0.29) is 39.4 Å². The van der Waals surface area contributed by atoms with Gasteiger partial charge in [-0.05, 0) is 12.5 Å². The van der Waals surface area contributed by atoms with Gasteiger partial charge in [0.25, 0.3) is 11.8 Å². The molecule has 1 aromatic carbocycles. The largest absolute Gasteiger partial charge is 0.391 e. The lowest BCUT2D eigenvalue weighted by Gasteiger charge is -2.24. The van der Waals surface area contributed by atoms with Crippen LogP contribution in [-0.4, -0.2) is 97.9 Å². The predicted molar refractivity (Wildman–Crippen MR) is 138 cm³/mol. The van der Waals surface area contributed by atoms with E-state index < -0.39 is 66.2 Å². The summed E-state index contributed by atoms with van der Waals surface area (Å²) in [6, 6.07) is 3.62.